The molecule has 1 aliphatic rings. The Kier molecular flexibility index (Phi) is 5.19. The fraction of sp³-hybridized carbons (Fsp3) is 0.714. The van der Waals surface area contributed by atoms with Gasteiger partial charge < -0.3 is 11.5 Å². The number of hydrogen-bond donors (Lipinski definition) is 2. The van der Waals surface area contributed by atoms with Gasteiger partial charge in [0.15, 0.2) is 5.67 Å². The van der Waals surface area contributed by atoms with E-state index >= 15 is 4.39 Å². The molecule has 0 bridgehead atoms. The molecule has 0 radical (unpaired) electrons. The van der Waals surface area contributed by atoms with Crippen molar-refractivity contribution >= 4 is 0 Å². The highest BCUT2D eigenvalue weighted by atomic mass is 19.1. The Morgan fingerprint density at radius 2 is 1.94 bits per heavy atom. The van der Waals surface area contributed by atoms with Gasteiger partial charge in [-0.3, -0.25) is 0 Å². The van der Waals surface area contributed by atoms with E-state index in [1.165, 1.54) is 0 Å². The smallest absolute Gasteiger partial charge is 0.152 e. The van der Waals surface area contributed by atoms with Crippen LogP contribution >= 0.6 is 0 Å². The predicted molar refractivity (Wildman–Crippen MR) is 71.2 cm³/mol. The van der Waals surface area contributed by atoms with Gasteiger partial charge in [-0.15, -0.1) is 0 Å². The number of rotatable bonds is 6. The summed E-state index contributed by atoms with van der Waals surface area (Å²) >= 11 is 0. The zero-order chi connectivity index (χ0) is 12.9. The van der Waals surface area contributed by atoms with Crippen molar-refractivity contribution in [2.75, 3.05) is 0 Å². The molecule has 2 unspecified atom stereocenters. The summed E-state index contributed by atoms with van der Waals surface area (Å²) in [5.41, 5.74) is 11.7. The van der Waals surface area contributed by atoms with Crippen LogP contribution in [0.3, 0.4) is 0 Å². The van der Waals surface area contributed by atoms with Crippen molar-refractivity contribution in [1.82, 2.24) is 0 Å². The maximum atomic E-state index is 15.1. The van der Waals surface area contributed by atoms with Crippen molar-refractivity contribution in [3.05, 3.63) is 23.4 Å². The minimum absolute atomic E-state index is 0.481. The molecule has 17 heavy (non-hydrogen) atoms. The van der Waals surface area contributed by atoms with E-state index in [-0.39, 0.29) is 0 Å². The Morgan fingerprint density at radius 3 is 2.53 bits per heavy atom. The van der Waals surface area contributed by atoms with E-state index in [1.54, 1.807) is 12.2 Å². The number of alkyl halides is 1. The molecule has 0 spiro atoms. The highest BCUT2D eigenvalue weighted by Gasteiger charge is 2.41. The van der Waals surface area contributed by atoms with Crippen LogP contribution in [0.15, 0.2) is 23.4 Å². The molecule has 1 rings (SSSR count). The van der Waals surface area contributed by atoms with Crippen LogP contribution in [0.2, 0.25) is 0 Å². The first-order valence-corrected chi connectivity index (χ1v) is 6.68. The third kappa shape index (κ3) is 3.09. The summed E-state index contributed by atoms with van der Waals surface area (Å²) in [4.78, 5) is 0. The van der Waals surface area contributed by atoms with E-state index < -0.39 is 11.7 Å². The lowest BCUT2D eigenvalue weighted by molar-refractivity contribution is 0.163. The average molecular weight is 240 g/mol. The lowest BCUT2D eigenvalue weighted by Crippen LogP contribution is -2.47. The normalized spacial score (nSPS) is 28.8. The van der Waals surface area contributed by atoms with Crippen LogP contribution in [-0.2, 0) is 0 Å². The molecule has 1 aliphatic carbocycles. The highest BCUT2D eigenvalue weighted by molar-refractivity contribution is 5.38. The Morgan fingerprint density at radius 1 is 1.29 bits per heavy atom. The number of hydrogen-bond acceptors (Lipinski definition) is 2. The van der Waals surface area contributed by atoms with Crippen molar-refractivity contribution < 1.29 is 4.39 Å². The largest absolute Gasteiger partial charge is 0.399 e. The third-order valence-electron chi connectivity index (χ3n) is 3.54. The highest BCUT2D eigenvalue weighted by Crippen LogP contribution is 2.38. The SMILES string of the molecule is CCCCC1=C(N)C=CC(N)C1(F)CCCC. The second-order valence-corrected chi connectivity index (χ2v) is 4.89. The zero-order valence-electron chi connectivity index (χ0n) is 11.0. The molecule has 0 saturated heterocycles. The molecule has 0 aromatic heterocycles. The van der Waals surface area contributed by atoms with Gasteiger partial charge in [0.25, 0.3) is 0 Å². The summed E-state index contributed by atoms with van der Waals surface area (Å²) in [6, 6.07) is -0.548. The van der Waals surface area contributed by atoms with E-state index in [2.05, 4.69) is 13.8 Å². The second-order valence-electron chi connectivity index (χ2n) is 4.89. The molecule has 0 aromatic rings. The quantitative estimate of drug-likeness (QED) is 0.749. The van der Waals surface area contributed by atoms with Crippen molar-refractivity contribution in [3.63, 3.8) is 0 Å². The molecule has 0 saturated carbocycles. The van der Waals surface area contributed by atoms with E-state index in [1.807, 2.05) is 0 Å². The molecule has 0 fully saturated rings. The Hall–Kier alpha value is -0.830. The third-order valence-corrected chi connectivity index (χ3v) is 3.54. The first kappa shape index (κ1) is 14.2. The molecule has 2 nitrogen and oxygen atoms in total. The fourth-order valence-corrected chi connectivity index (χ4v) is 2.36. The molecular weight excluding hydrogens is 215 g/mol. The van der Waals surface area contributed by atoms with Gasteiger partial charge in [-0.25, -0.2) is 4.39 Å². The lowest BCUT2D eigenvalue weighted by atomic mass is 9.77. The summed E-state index contributed by atoms with van der Waals surface area (Å²) in [6.07, 6.45) is 8.49. The summed E-state index contributed by atoms with van der Waals surface area (Å²) in [7, 11) is 0. The van der Waals surface area contributed by atoms with Gasteiger partial charge in [-0.2, -0.15) is 0 Å². The van der Waals surface area contributed by atoms with Crippen LogP contribution in [-0.4, -0.2) is 11.7 Å². The van der Waals surface area contributed by atoms with Gasteiger partial charge in [0.05, 0.1) is 6.04 Å². The minimum Gasteiger partial charge on any atom is -0.399 e. The Balaban J connectivity index is 2.92. The van der Waals surface area contributed by atoms with Gasteiger partial charge in [0.2, 0.25) is 0 Å². The van der Waals surface area contributed by atoms with Crippen LogP contribution in [0.25, 0.3) is 0 Å². The average Bonchev–Trinajstić information content (AvgIpc) is 2.32. The first-order valence-electron chi connectivity index (χ1n) is 6.68. The number of nitrogens with two attached hydrogens (primary N) is 2. The van der Waals surface area contributed by atoms with Crippen molar-refractivity contribution in [2.45, 2.75) is 64.1 Å². The number of allylic oxidation sites excluding steroid dienone is 1. The maximum absolute atomic E-state index is 15.1. The maximum Gasteiger partial charge on any atom is 0.152 e. The number of unbranched alkanes of at least 4 members (excludes halogenated alkanes) is 2. The van der Waals surface area contributed by atoms with E-state index in [0.29, 0.717) is 12.1 Å². The van der Waals surface area contributed by atoms with Crippen LogP contribution in [0.1, 0.15) is 52.4 Å². The monoisotopic (exact) mass is 240 g/mol. The predicted octanol–water partition coefficient (Wildman–Crippen LogP) is 3.19. The topological polar surface area (TPSA) is 52.0 Å². The molecule has 0 heterocycles. The zero-order valence-corrected chi connectivity index (χ0v) is 11.0. The molecular formula is C14H25FN2. The summed E-state index contributed by atoms with van der Waals surface area (Å²) in [5, 5.41) is 0. The summed E-state index contributed by atoms with van der Waals surface area (Å²) < 4.78 is 15.1. The fourth-order valence-electron chi connectivity index (χ4n) is 2.36. The van der Waals surface area contributed by atoms with Crippen molar-refractivity contribution in [3.8, 4) is 0 Å². The van der Waals surface area contributed by atoms with Crippen LogP contribution < -0.4 is 11.5 Å². The van der Waals surface area contributed by atoms with Gasteiger partial charge in [-0.05, 0) is 30.9 Å². The van der Waals surface area contributed by atoms with Gasteiger partial charge in [0.1, 0.15) is 0 Å². The molecule has 0 aromatic carbocycles. The van der Waals surface area contributed by atoms with Crippen molar-refractivity contribution in [2.24, 2.45) is 11.5 Å². The first-order chi connectivity index (χ1) is 8.06. The lowest BCUT2D eigenvalue weighted by Gasteiger charge is -2.36. The Labute approximate surface area is 104 Å². The standard InChI is InChI=1S/C14H25FN2/c1-3-5-7-11-12(16)8-9-13(17)14(11,15)10-6-4-2/h8-9,13H,3-7,10,16-17H2,1-2H3. The summed E-state index contributed by atoms with van der Waals surface area (Å²) in [5.74, 6) is 0. The molecule has 0 amide bonds. The van der Waals surface area contributed by atoms with Gasteiger partial charge in [-0.1, -0.05) is 39.2 Å². The van der Waals surface area contributed by atoms with Gasteiger partial charge in [0, 0.05) is 5.70 Å². The second kappa shape index (κ2) is 6.20. The van der Waals surface area contributed by atoms with Gasteiger partial charge >= 0.3 is 0 Å². The van der Waals surface area contributed by atoms with Crippen LogP contribution in [0.4, 0.5) is 4.39 Å². The van der Waals surface area contributed by atoms with Crippen molar-refractivity contribution in [1.29, 1.82) is 0 Å². The van der Waals surface area contributed by atoms with E-state index in [9.17, 15) is 0 Å². The van der Waals surface area contributed by atoms with Crippen LogP contribution in [0, 0.1) is 0 Å². The molecule has 3 heteroatoms. The van der Waals surface area contributed by atoms with E-state index in [4.69, 9.17) is 11.5 Å². The minimum atomic E-state index is -1.43. The molecule has 4 N–H and O–H groups in total. The van der Waals surface area contributed by atoms with E-state index in [0.717, 1.165) is 37.7 Å². The van der Waals surface area contributed by atoms with Crippen LogP contribution in [0.5, 0.6) is 0 Å². The molecule has 2 atom stereocenters. The Bertz CT molecular complexity index is 309. The molecule has 0 aliphatic heterocycles. The summed E-state index contributed by atoms with van der Waals surface area (Å²) in [6.45, 7) is 4.16. The molecule has 98 valence electrons. The number of halogens is 1.